The molecule has 0 amide bonds. The molecule has 0 atom stereocenters. The lowest BCUT2D eigenvalue weighted by Crippen LogP contribution is -1.99. The van der Waals surface area contributed by atoms with Crippen molar-refractivity contribution in [3.63, 3.8) is 0 Å². The Morgan fingerprint density at radius 2 is 2.00 bits per heavy atom. The molecule has 1 aromatic heterocycles. The van der Waals surface area contributed by atoms with Crippen LogP contribution in [0.4, 0.5) is 0 Å². The van der Waals surface area contributed by atoms with Crippen LogP contribution in [0.25, 0.3) is 0 Å². The van der Waals surface area contributed by atoms with Crippen LogP contribution >= 0.6 is 0 Å². The topological polar surface area (TPSA) is 90.7 Å². The summed E-state index contributed by atoms with van der Waals surface area (Å²) in [5.41, 5.74) is -0.551. The maximum atomic E-state index is 10.2. The highest BCUT2D eigenvalue weighted by Crippen LogP contribution is 2.17. The van der Waals surface area contributed by atoms with E-state index in [1.54, 1.807) is 0 Å². The van der Waals surface area contributed by atoms with Crippen molar-refractivity contribution in [3.8, 4) is 11.6 Å². The van der Waals surface area contributed by atoms with E-state index in [9.17, 15) is 4.79 Å². The van der Waals surface area contributed by atoms with Gasteiger partial charge in [-0.05, 0) is 6.07 Å². The fourth-order valence-electron chi connectivity index (χ4n) is 0.599. The van der Waals surface area contributed by atoms with Gasteiger partial charge in [-0.15, -0.1) is 0 Å². The molecule has 0 aromatic carbocycles. The van der Waals surface area contributed by atoms with Gasteiger partial charge in [-0.1, -0.05) is 0 Å². The zero-order valence-corrected chi connectivity index (χ0v) is 5.35. The number of rotatable bonds is 1. The molecule has 5 nitrogen and oxygen atoms in total. The number of hydrogen-bond donors (Lipinski definition) is 3. The van der Waals surface area contributed by atoms with Crippen molar-refractivity contribution in [2.24, 2.45) is 0 Å². The number of hydrogen-bond acceptors (Lipinski definition) is 4. The first-order valence-electron chi connectivity index (χ1n) is 2.73. The summed E-state index contributed by atoms with van der Waals surface area (Å²) in [6, 6.07) is 2.16. The van der Waals surface area contributed by atoms with Gasteiger partial charge in [0.2, 0.25) is 5.88 Å². The van der Waals surface area contributed by atoms with E-state index in [4.69, 9.17) is 15.3 Å². The fraction of sp³-hybridized carbons (Fsp3) is 0. The van der Waals surface area contributed by atoms with Gasteiger partial charge in [0.1, 0.15) is 5.75 Å². The van der Waals surface area contributed by atoms with Crippen molar-refractivity contribution in [1.29, 1.82) is 0 Å². The summed E-state index contributed by atoms with van der Waals surface area (Å²) in [5.74, 6) is -2.27. The summed E-state index contributed by atoms with van der Waals surface area (Å²) in [6.07, 6.45) is 0. The van der Waals surface area contributed by atoms with Crippen molar-refractivity contribution < 1.29 is 20.1 Å². The van der Waals surface area contributed by atoms with Gasteiger partial charge >= 0.3 is 5.97 Å². The van der Waals surface area contributed by atoms with Gasteiger partial charge in [-0.3, -0.25) is 0 Å². The van der Waals surface area contributed by atoms with Gasteiger partial charge in [-0.2, -0.15) is 0 Å². The summed E-state index contributed by atoms with van der Waals surface area (Å²) in [4.78, 5) is 13.4. The first kappa shape index (κ1) is 7.33. The van der Waals surface area contributed by atoms with E-state index in [-0.39, 0.29) is 0 Å². The van der Waals surface area contributed by atoms with Crippen LogP contribution in [0.15, 0.2) is 12.1 Å². The molecule has 1 heterocycles. The molecule has 0 bridgehead atoms. The number of carboxylic acids is 1. The van der Waals surface area contributed by atoms with E-state index >= 15 is 0 Å². The molecule has 1 aromatic rings. The second-order valence-corrected chi connectivity index (χ2v) is 1.84. The van der Waals surface area contributed by atoms with Crippen molar-refractivity contribution >= 4 is 5.97 Å². The van der Waals surface area contributed by atoms with E-state index in [1.165, 1.54) is 0 Å². The second kappa shape index (κ2) is 2.45. The number of aromatic carboxylic acids is 1. The smallest absolute Gasteiger partial charge is 0.358 e. The second-order valence-electron chi connectivity index (χ2n) is 1.84. The van der Waals surface area contributed by atoms with Crippen molar-refractivity contribution in [1.82, 2.24) is 4.98 Å². The molecule has 0 fully saturated rings. The largest absolute Gasteiger partial charge is 0.505 e. The number of pyridine rings is 1. The average Bonchev–Trinajstić information content (AvgIpc) is 1.94. The van der Waals surface area contributed by atoms with Crippen LogP contribution < -0.4 is 0 Å². The Labute approximate surface area is 61.6 Å². The highest BCUT2D eigenvalue weighted by atomic mass is 16.4. The van der Waals surface area contributed by atoms with Gasteiger partial charge < -0.3 is 15.3 Å². The SMILES string of the molecule is O=C(O)c1nc(O)ccc1O. The average molecular weight is 155 g/mol. The molecule has 0 aliphatic heterocycles. The van der Waals surface area contributed by atoms with E-state index < -0.39 is 23.3 Å². The number of nitrogens with zero attached hydrogens (tertiary/aromatic N) is 1. The van der Waals surface area contributed by atoms with Gasteiger partial charge in [0.05, 0.1) is 0 Å². The molecule has 0 spiro atoms. The molecular weight excluding hydrogens is 150 g/mol. The molecule has 58 valence electrons. The molecule has 0 aliphatic carbocycles. The predicted molar refractivity (Wildman–Crippen MR) is 34.5 cm³/mol. The fourth-order valence-corrected chi connectivity index (χ4v) is 0.599. The van der Waals surface area contributed by atoms with E-state index in [2.05, 4.69) is 4.98 Å². The standard InChI is InChI=1S/C6H5NO4/c8-3-1-2-4(9)7-5(3)6(10)11/h1-2,8H,(H,7,9)(H,10,11). The maximum Gasteiger partial charge on any atom is 0.358 e. The minimum absolute atomic E-state index is 0.430. The van der Waals surface area contributed by atoms with Crippen LogP contribution in [0.1, 0.15) is 10.5 Å². The Balaban J connectivity index is 3.23. The highest BCUT2D eigenvalue weighted by molar-refractivity contribution is 5.88. The molecular formula is C6H5NO4. The monoisotopic (exact) mass is 155 g/mol. The highest BCUT2D eigenvalue weighted by Gasteiger charge is 2.11. The normalized spacial score (nSPS) is 9.45. The summed E-state index contributed by atoms with van der Waals surface area (Å²) in [5, 5.41) is 25.9. The first-order chi connectivity index (χ1) is 5.11. The molecule has 0 radical (unpaired) electrons. The van der Waals surface area contributed by atoms with Gasteiger partial charge in [0.15, 0.2) is 5.69 Å². The molecule has 5 heteroatoms. The van der Waals surface area contributed by atoms with Gasteiger partial charge in [0.25, 0.3) is 0 Å². The number of carbonyl (C=O) groups is 1. The molecule has 0 aliphatic rings. The molecule has 0 saturated carbocycles. The lowest BCUT2D eigenvalue weighted by Gasteiger charge is -1.96. The lowest BCUT2D eigenvalue weighted by molar-refractivity contribution is 0.0686. The zero-order valence-electron chi connectivity index (χ0n) is 5.35. The molecule has 3 N–H and O–H groups in total. The molecule has 11 heavy (non-hydrogen) atoms. The van der Waals surface area contributed by atoms with E-state index in [1.807, 2.05) is 0 Å². The maximum absolute atomic E-state index is 10.2. The van der Waals surface area contributed by atoms with Gasteiger partial charge in [-0.25, -0.2) is 9.78 Å². The third kappa shape index (κ3) is 1.37. The molecule has 0 unspecified atom stereocenters. The van der Waals surface area contributed by atoms with Crippen LogP contribution in [-0.4, -0.2) is 26.3 Å². The Bertz CT molecular complexity index is 297. The van der Waals surface area contributed by atoms with Crippen LogP contribution in [0.2, 0.25) is 0 Å². The van der Waals surface area contributed by atoms with E-state index in [0.717, 1.165) is 12.1 Å². The minimum Gasteiger partial charge on any atom is -0.505 e. The zero-order chi connectivity index (χ0) is 8.43. The Kier molecular flexibility index (Phi) is 1.63. The number of aromatic nitrogens is 1. The third-order valence-electron chi connectivity index (χ3n) is 1.06. The van der Waals surface area contributed by atoms with Gasteiger partial charge in [0, 0.05) is 6.07 Å². The number of carboxylic acid groups (broad SMARTS) is 1. The Morgan fingerprint density at radius 3 is 2.45 bits per heavy atom. The van der Waals surface area contributed by atoms with Crippen LogP contribution in [0.5, 0.6) is 11.6 Å². The summed E-state index contributed by atoms with van der Waals surface area (Å²) < 4.78 is 0. The molecule has 0 saturated heterocycles. The first-order valence-corrected chi connectivity index (χ1v) is 2.73. The quantitative estimate of drug-likeness (QED) is 0.538. The summed E-state index contributed by atoms with van der Waals surface area (Å²) in [7, 11) is 0. The van der Waals surface area contributed by atoms with Crippen LogP contribution in [0, 0.1) is 0 Å². The van der Waals surface area contributed by atoms with Crippen molar-refractivity contribution in [2.75, 3.05) is 0 Å². The Morgan fingerprint density at radius 1 is 1.36 bits per heavy atom. The van der Waals surface area contributed by atoms with Crippen molar-refractivity contribution in [2.45, 2.75) is 0 Å². The molecule has 1 rings (SSSR count). The predicted octanol–water partition coefficient (Wildman–Crippen LogP) is 0.191. The third-order valence-corrected chi connectivity index (χ3v) is 1.06. The van der Waals surface area contributed by atoms with E-state index in [0.29, 0.717) is 0 Å². The van der Waals surface area contributed by atoms with Crippen molar-refractivity contribution in [3.05, 3.63) is 17.8 Å². The summed E-state index contributed by atoms with van der Waals surface area (Å²) >= 11 is 0. The van der Waals surface area contributed by atoms with Crippen LogP contribution in [-0.2, 0) is 0 Å². The Hall–Kier alpha value is -1.78. The summed E-state index contributed by atoms with van der Waals surface area (Å²) in [6.45, 7) is 0. The number of aromatic hydroxyl groups is 2. The lowest BCUT2D eigenvalue weighted by atomic mass is 10.3. The minimum atomic E-state index is -1.38. The van der Waals surface area contributed by atoms with Crippen LogP contribution in [0.3, 0.4) is 0 Å².